The van der Waals surface area contributed by atoms with Crippen LogP contribution in [0.2, 0.25) is 0 Å². The molecule has 0 unspecified atom stereocenters. The number of amides is 2. The molecule has 6 nitrogen and oxygen atoms in total. The van der Waals surface area contributed by atoms with Gasteiger partial charge in [0.25, 0.3) is 11.8 Å². The van der Waals surface area contributed by atoms with Gasteiger partial charge in [-0.15, -0.1) is 0 Å². The monoisotopic (exact) mass is 418 g/mol. The van der Waals surface area contributed by atoms with Gasteiger partial charge in [-0.05, 0) is 80.9 Å². The molecule has 0 radical (unpaired) electrons. The normalized spacial score (nSPS) is 11.4. The van der Waals surface area contributed by atoms with Crippen molar-refractivity contribution in [3.05, 3.63) is 83.4 Å². The average molecular weight is 418 g/mol. The van der Waals surface area contributed by atoms with Crippen LogP contribution in [0.1, 0.15) is 28.4 Å². The molecule has 0 fully saturated rings. The van der Waals surface area contributed by atoms with Crippen molar-refractivity contribution >= 4 is 23.2 Å². The maximum Gasteiger partial charge on any atom is 0.265 e. The fraction of sp³-hybridized carbons (Fsp3) is 0.200. The fourth-order valence-electron chi connectivity index (χ4n) is 3.01. The summed E-state index contributed by atoms with van der Waals surface area (Å²) in [5, 5.41) is 5.71. The largest absolute Gasteiger partial charge is 0.497 e. The smallest absolute Gasteiger partial charge is 0.265 e. The van der Waals surface area contributed by atoms with E-state index in [2.05, 4.69) is 10.6 Å². The van der Waals surface area contributed by atoms with Crippen molar-refractivity contribution in [1.29, 1.82) is 0 Å². The van der Waals surface area contributed by atoms with Gasteiger partial charge >= 0.3 is 0 Å². The minimum absolute atomic E-state index is 0.205. The van der Waals surface area contributed by atoms with Crippen molar-refractivity contribution in [3.63, 3.8) is 0 Å². The topological polar surface area (TPSA) is 76.7 Å². The van der Waals surface area contributed by atoms with E-state index in [1.807, 2.05) is 32.0 Å². The number of carbonyl (C=O) groups excluding carboxylic acids is 2. The van der Waals surface area contributed by atoms with Crippen molar-refractivity contribution in [2.24, 2.45) is 0 Å². The molecule has 0 bridgehead atoms. The Kier molecular flexibility index (Phi) is 6.92. The molecule has 6 heteroatoms. The number of methoxy groups -OCH3 is 1. The Hall–Kier alpha value is -3.80. The van der Waals surface area contributed by atoms with Crippen LogP contribution in [0, 0.1) is 13.8 Å². The molecule has 0 aromatic heterocycles. The molecule has 0 saturated carbocycles. The lowest BCUT2D eigenvalue weighted by Crippen LogP contribution is -2.30. The first-order chi connectivity index (χ1) is 14.9. The van der Waals surface area contributed by atoms with Crippen LogP contribution in [0.4, 0.5) is 11.4 Å². The Labute approximate surface area is 182 Å². The molecule has 31 heavy (non-hydrogen) atoms. The zero-order valence-electron chi connectivity index (χ0n) is 18.1. The second-order valence-corrected chi connectivity index (χ2v) is 7.27. The average Bonchev–Trinajstić information content (AvgIpc) is 2.76. The predicted molar refractivity (Wildman–Crippen MR) is 122 cm³/mol. The summed E-state index contributed by atoms with van der Waals surface area (Å²) in [4.78, 5) is 24.9. The van der Waals surface area contributed by atoms with Crippen LogP contribution in [0.25, 0.3) is 0 Å². The van der Waals surface area contributed by atoms with Crippen molar-refractivity contribution in [2.75, 3.05) is 17.7 Å². The maximum absolute atomic E-state index is 12.5. The van der Waals surface area contributed by atoms with Crippen molar-refractivity contribution in [3.8, 4) is 11.5 Å². The number of rotatable bonds is 7. The Morgan fingerprint density at radius 3 is 2.10 bits per heavy atom. The molecule has 1 atom stereocenters. The standard InChI is InChI=1S/C25H26N2O4/c1-16-5-14-23(17(2)15-16)27-25(29)19-6-10-22(11-7-19)31-18(3)24(28)26-20-8-12-21(30-4)13-9-20/h5-15,18H,1-4H3,(H,26,28)(H,27,29)/t18-/m0/s1. The first kappa shape index (κ1) is 21.9. The number of carbonyl (C=O) groups is 2. The number of anilines is 2. The van der Waals surface area contributed by atoms with Gasteiger partial charge in [-0.2, -0.15) is 0 Å². The highest BCUT2D eigenvalue weighted by molar-refractivity contribution is 6.04. The zero-order chi connectivity index (χ0) is 22.4. The molecule has 0 aliphatic rings. The van der Waals surface area contributed by atoms with Gasteiger partial charge in [-0.3, -0.25) is 9.59 Å². The van der Waals surface area contributed by atoms with Gasteiger partial charge in [0.15, 0.2) is 6.10 Å². The summed E-state index contributed by atoms with van der Waals surface area (Å²) in [7, 11) is 1.59. The number of benzene rings is 3. The van der Waals surface area contributed by atoms with E-state index in [0.717, 1.165) is 16.8 Å². The molecule has 160 valence electrons. The summed E-state index contributed by atoms with van der Waals surface area (Å²) in [6.07, 6.45) is -0.711. The van der Waals surface area contributed by atoms with E-state index in [-0.39, 0.29) is 11.8 Å². The summed E-state index contributed by atoms with van der Waals surface area (Å²) in [6.45, 7) is 5.63. The van der Waals surface area contributed by atoms with Crippen molar-refractivity contribution < 1.29 is 19.1 Å². The van der Waals surface area contributed by atoms with E-state index in [0.29, 0.717) is 22.7 Å². The van der Waals surface area contributed by atoms with Crippen molar-refractivity contribution in [2.45, 2.75) is 26.9 Å². The first-order valence-corrected chi connectivity index (χ1v) is 9.96. The van der Waals surface area contributed by atoms with Crippen LogP contribution < -0.4 is 20.1 Å². The van der Waals surface area contributed by atoms with E-state index in [9.17, 15) is 9.59 Å². The molecule has 0 spiro atoms. The number of aryl methyl sites for hydroxylation is 2. The molecule has 3 rings (SSSR count). The lowest BCUT2D eigenvalue weighted by atomic mass is 10.1. The fourth-order valence-corrected chi connectivity index (χ4v) is 3.01. The molecule has 2 amide bonds. The number of hydrogen-bond donors (Lipinski definition) is 2. The first-order valence-electron chi connectivity index (χ1n) is 9.96. The molecular formula is C25H26N2O4. The summed E-state index contributed by atoms with van der Waals surface area (Å²) < 4.78 is 10.8. The molecule has 3 aromatic carbocycles. The van der Waals surface area contributed by atoms with Crippen LogP contribution >= 0.6 is 0 Å². The third-order valence-electron chi connectivity index (χ3n) is 4.79. The minimum atomic E-state index is -0.711. The Balaban J connectivity index is 1.57. The Morgan fingerprint density at radius 2 is 1.48 bits per heavy atom. The van der Waals surface area contributed by atoms with Gasteiger partial charge in [0, 0.05) is 16.9 Å². The van der Waals surface area contributed by atoms with Gasteiger partial charge in [0.05, 0.1) is 7.11 Å². The van der Waals surface area contributed by atoms with Gasteiger partial charge < -0.3 is 20.1 Å². The maximum atomic E-state index is 12.5. The van der Waals surface area contributed by atoms with Gasteiger partial charge in [0.1, 0.15) is 11.5 Å². The Bertz CT molecular complexity index is 1060. The van der Waals surface area contributed by atoms with Crippen LogP contribution in [0.15, 0.2) is 66.7 Å². The van der Waals surface area contributed by atoms with Crippen LogP contribution in [-0.4, -0.2) is 25.0 Å². The third-order valence-corrected chi connectivity index (χ3v) is 4.79. The molecular weight excluding hydrogens is 392 g/mol. The lowest BCUT2D eigenvalue weighted by Gasteiger charge is -2.15. The molecule has 0 aliphatic carbocycles. The lowest BCUT2D eigenvalue weighted by molar-refractivity contribution is -0.122. The summed E-state index contributed by atoms with van der Waals surface area (Å²) in [6, 6.07) is 19.6. The number of ether oxygens (including phenoxy) is 2. The van der Waals surface area contributed by atoms with Crippen LogP contribution in [0.3, 0.4) is 0 Å². The zero-order valence-corrected chi connectivity index (χ0v) is 18.1. The SMILES string of the molecule is COc1ccc(NC(=O)[C@H](C)Oc2ccc(C(=O)Nc3ccc(C)cc3C)cc2)cc1. The van der Waals surface area contributed by atoms with Gasteiger partial charge in [-0.1, -0.05) is 17.7 Å². The molecule has 2 N–H and O–H groups in total. The van der Waals surface area contributed by atoms with E-state index in [1.165, 1.54) is 0 Å². The quantitative estimate of drug-likeness (QED) is 0.568. The second kappa shape index (κ2) is 9.80. The summed E-state index contributed by atoms with van der Waals surface area (Å²) >= 11 is 0. The third kappa shape index (κ3) is 5.85. The highest BCUT2D eigenvalue weighted by Crippen LogP contribution is 2.20. The molecule has 3 aromatic rings. The molecule has 0 saturated heterocycles. The van der Waals surface area contributed by atoms with E-state index < -0.39 is 6.10 Å². The summed E-state index contributed by atoms with van der Waals surface area (Å²) in [5.74, 6) is 0.732. The highest BCUT2D eigenvalue weighted by Gasteiger charge is 2.15. The van der Waals surface area contributed by atoms with Crippen LogP contribution in [0.5, 0.6) is 11.5 Å². The van der Waals surface area contributed by atoms with E-state index >= 15 is 0 Å². The minimum Gasteiger partial charge on any atom is -0.497 e. The predicted octanol–water partition coefficient (Wildman–Crippen LogP) is 4.97. The number of nitrogens with one attached hydrogen (secondary N) is 2. The molecule has 0 heterocycles. The second-order valence-electron chi connectivity index (χ2n) is 7.27. The highest BCUT2D eigenvalue weighted by atomic mass is 16.5. The summed E-state index contributed by atoms with van der Waals surface area (Å²) in [5.41, 5.74) is 4.08. The van der Waals surface area contributed by atoms with Crippen LogP contribution in [-0.2, 0) is 4.79 Å². The number of hydrogen-bond acceptors (Lipinski definition) is 4. The van der Waals surface area contributed by atoms with E-state index in [1.54, 1.807) is 62.6 Å². The molecule has 0 aliphatic heterocycles. The Morgan fingerprint density at radius 1 is 0.839 bits per heavy atom. The van der Waals surface area contributed by atoms with Gasteiger partial charge in [-0.25, -0.2) is 0 Å². The van der Waals surface area contributed by atoms with Gasteiger partial charge in [0.2, 0.25) is 0 Å². The van der Waals surface area contributed by atoms with E-state index in [4.69, 9.17) is 9.47 Å². The van der Waals surface area contributed by atoms with Crippen molar-refractivity contribution in [1.82, 2.24) is 0 Å².